The van der Waals surface area contributed by atoms with Crippen LogP contribution in [0, 0.1) is 0 Å². The van der Waals surface area contributed by atoms with Crippen molar-refractivity contribution in [3.63, 3.8) is 0 Å². The van der Waals surface area contributed by atoms with Crippen molar-refractivity contribution in [3.8, 4) is 0 Å². The van der Waals surface area contributed by atoms with E-state index in [9.17, 15) is 4.79 Å². The molecular weight excluding hydrogens is 326 g/mol. The Balaban J connectivity index is 1.96. The summed E-state index contributed by atoms with van der Waals surface area (Å²) in [6, 6.07) is 7.57. The average molecular weight is 350 g/mol. The molecule has 1 aromatic heterocycles. The van der Waals surface area contributed by atoms with Crippen LogP contribution in [0.4, 0.5) is 0 Å². The first kappa shape index (κ1) is 18.4. The fraction of sp³-hybridized carbons (Fsp3) is 0.471. The highest BCUT2D eigenvalue weighted by Gasteiger charge is 2.16. The van der Waals surface area contributed by atoms with Gasteiger partial charge in [-0.2, -0.15) is 0 Å². The summed E-state index contributed by atoms with van der Waals surface area (Å²) in [6.45, 7) is 8.19. The van der Waals surface area contributed by atoms with Gasteiger partial charge in [0.25, 0.3) is 5.91 Å². The maximum absolute atomic E-state index is 12.4. The molecule has 6 nitrogen and oxygen atoms in total. The summed E-state index contributed by atoms with van der Waals surface area (Å²) in [6.07, 6.45) is 1.67. The van der Waals surface area contributed by atoms with Crippen LogP contribution in [0.1, 0.15) is 29.9 Å². The lowest BCUT2D eigenvalue weighted by atomic mass is 10.2. The van der Waals surface area contributed by atoms with E-state index in [0.717, 1.165) is 25.2 Å². The number of hydrogen-bond acceptors (Lipinski definition) is 4. The molecule has 130 valence electrons. The van der Waals surface area contributed by atoms with Crippen molar-refractivity contribution in [2.75, 3.05) is 33.2 Å². The Morgan fingerprint density at radius 3 is 2.58 bits per heavy atom. The summed E-state index contributed by atoms with van der Waals surface area (Å²) in [5.74, 6) is -0.118. The molecule has 0 saturated heterocycles. The van der Waals surface area contributed by atoms with E-state index in [4.69, 9.17) is 11.6 Å². The molecule has 0 radical (unpaired) electrons. The van der Waals surface area contributed by atoms with E-state index < -0.39 is 0 Å². The van der Waals surface area contributed by atoms with E-state index in [2.05, 4.69) is 29.1 Å². The molecule has 1 aromatic carbocycles. The number of carbonyl (C=O) groups is 1. The lowest BCUT2D eigenvalue weighted by Crippen LogP contribution is -2.36. The summed E-state index contributed by atoms with van der Waals surface area (Å²) >= 11 is 6.15. The van der Waals surface area contributed by atoms with Gasteiger partial charge in [0, 0.05) is 25.2 Å². The first-order valence-corrected chi connectivity index (χ1v) is 8.54. The van der Waals surface area contributed by atoms with Gasteiger partial charge >= 0.3 is 0 Å². The standard InChI is InChI=1S/C17H24ClN5O/c1-4-22(5-2)11-10-21(3)17(24)16-13-23(20-19-16)12-14-8-6-7-9-15(14)18/h6-9,13H,4-5,10-12H2,1-3H3. The quantitative estimate of drug-likeness (QED) is 0.734. The minimum Gasteiger partial charge on any atom is -0.339 e. The molecule has 2 aromatic rings. The molecule has 0 N–H and O–H groups in total. The van der Waals surface area contributed by atoms with Gasteiger partial charge in [-0.15, -0.1) is 5.10 Å². The van der Waals surface area contributed by atoms with Crippen molar-refractivity contribution < 1.29 is 4.79 Å². The van der Waals surface area contributed by atoms with Crippen molar-refractivity contribution in [1.29, 1.82) is 0 Å². The highest BCUT2D eigenvalue weighted by atomic mass is 35.5. The summed E-state index contributed by atoms with van der Waals surface area (Å²) in [5.41, 5.74) is 1.29. The smallest absolute Gasteiger partial charge is 0.275 e. The van der Waals surface area contributed by atoms with Crippen LogP contribution < -0.4 is 0 Å². The Morgan fingerprint density at radius 1 is 1.21 bits per heavy atom. The summed E-state index contributed by atoms with van der Waals surface area (Å²) in [5, 5.41) is 8.71. The van der Waals surface area contributed by atoms with E-state index in [1.165, 1.54) is 0 Å². The number of rotatable bonds is 8. The molecule has 0 aliphatic rings. The van der Waals surface area contributed by atoms with Crippen molar-refractivity contribution in [1.82, 2.24) is 24.8 Å². The SMILES string of the molecule is CCN(CC)CCN(C)C(=O)c1cn(Cc2ccccc2Cl)nn1. The third-order valence-electron chi connectivity index (χ3n) is 4.04. The fourth-order valence-corrected chi connectivity index (χ4v) is 2.60. The molecule has 0 unspecified atom stereocenters. The maximum atomic E-state index is 12.4. The Morgan fingerprint density at radius 2 is 1.92 bits per heavy atom. The average Bonchev–Trinajstić information content (AvgIpc) is 3.05. The van der Waals surface area contributed by atoms with Crippen LogP contribution in [-0.4, -0.2) is 63.9 Å². The van der Waals surface area contributed by atoms with E-state index in [-0.39, 0.29) is 5.91 Å². The Kier molecular flexibility index (Phi) is 6.75. The van der Waals surface area contributed by atoms with Gasteiger partial charge in [0.15, 0.2) is 5.69 Å². The second-order valence-corrected chi connectivity index (χ2v) is 6.05. The van der Waals surface area contributed by atoms with Crippen LogP contribution in [-0.2, 0) is 6.54 Å². The highest BCUT2D eigenvalue weighted by Crippen LogP contribution is 2.15. The Hall–Kier alpha value is -1.92. The van der Waals surface area contributed by atoms with Crippen LogP contribution in [0.3, 0.4) is 0 Å². The van der Waals surface area contributed by atoms with Crippen LogP contribution >= 0.6 is 11.6 Å². The molecule has 0 atom stereocenters. The summed E-state index contributed by atoms with van der Waals surface area (Å²) < 4.78 is 1.63. The maximum Gasteiger partial charge on any atom is 0.275 e. The largest absolute Gasteiger partial charge is 0.339 e. The van der Waals surface area contributed by atoms with Gasteiger partial charge < -0.3 is 9.80 Å². The molecule has 0 spiro atoms. The molecule has 2 rings (SSSR count). The number of carbonyl (C=O) groups excluding carboxylic acids is 1. The lowest BCUT2D eigenvalue weighted by Gasteiger charge is -2.22. The van der Waals surface area contributed by atoms with E-state index in [1.807, 2.05) is 24.3 Å². The van der Waals surface area contributed by atoms with E-state index in [0.29, 0.717) is 23.8 Å². The van der Waals surface area contributed by atoms with Gasteiger partial charge in [0.2, 0.25) is 0 Å². The highest BCUT2D eigenvalue weighted by molar-refractivity contribution is 6.31. The molecule has 0 saturated carbocycles. The van der Waals surface area contributed by atoms with Gasteiger partial charge in [-0.25, -0.2) is 4.68 Å². The number of halogens is 1. The van der Waals surface area contributed by atoms with Crippen LogP contribution in [0.2, 0.25) is 5.02 Å². The lowest BCUT2D eigenvalue weighted by molar-refractivity contribution is 0.0774. The number of nitrogens with zero attached hydrogens (tertiary/aromatic N) is 5. The summed E-state index contributed by atoms with van der Waals surface area (Å²) in [7, 11) is 1.79. The normalized spacial score (nSPS) is 11.0. The van der Waals surface area contributed by atoms with Gasteiger partial charge in [-0.3, -0.25) is 4.79 Å². The number of likely N-dealkylation sites (N-methyl/N-ethyl adjacent to an activating group) is 2. The first-order chi connectivity index (χ1) is 11.5. The van der Waals surface area contributed by atoms with Crippen LogP contribution in [0.5, 0.6) is 0 Å². The molecule has 1 amide bonds. The van der Waals surface area contributed by atoms with Crippen molar-refractivity contribution in [3.05, 3.63) is 46.7 Å². The monoisotopic (exact) mass is 349 g/mol. The predicted octanol–water partition coefficient (Wildman–Crippen LogP) is 2.39. The Labute approximate surface area is 148 Å². The van der Waals surface area contributed by atoms with Crippen LogP contribution in [0.25, 0.3) is 0 Å². The van der Waals surface area contributed by atoms with Crippen molar-refractivity contribution in [2.24, 2.45) is 0 Å². The molecule has 24 heavy (non-hydrogen) atoms. The fourth-order valence-electron chi connectivity index (χ4n) is 2.40. The molecule has 0 bridgehead atoms. The first-order valence-electron chi connectivity index (χ1n) is 8.16. The minimum atomic E-state index is -0.118. The van der Waals surface area contributed by atoms with Crippen molar-refractivity contribution >= 4 is 17.5 Å². The van der Waals surface area contributed by atoms with Gasteiger partial charge in [-0.1, -0.05) is 48.9 Å². The van der Waals surface area contributed by atoms with Gasteiger partial charge in [0.1, 0.15) is 0 Å². The zero-order valence-electron chi connectivity index (χ0n) is 14.4. The minimum absolute atomic E-state index is 0.118. The molecule has 0 aliphatic heterocycles. The number of hydrogen-bond donors (Lipinski definition) is 0. The third-order valence-corrected chi connectivity index (χ3v) is 4.41. The predicted molar refractivity (Wildman–Crippen MR) is 95.3 cm³/mol. The van der Waals surface area contributed by atoms with Gasteiger partial charge in [0.05, 0.1) is 12.7 Å². The third kappa shape index (κ3) is 4.79. The van der Waals surface area contributed by atoms with Crippen LogP contribution in [0.15, 0.2) is 30.5 Å². The number of amides is 1. The molecule has 0 fully saturated rings. The number of benzene rings is 1. The second-order valence-electron chi connectivity index (χ2n) is 5.65. The zero-order chi connectivity index (χ0) is 17.5. The zero-order valence-corrected chi connectivity index (χ0v) is 15.2. The topological polar surface area (TPSA) is 54.3 Å². The number of aromatic nitrogens is 3. The Bertz CT molecular complexity index is 669. The van der Waals surface area contributed by atoms with Crippen molar-refractivity contribution in [2.45, 2.75) is 20.4 Å². The molecule has 7 heteroatoms. The van der Waals surface area contributed by atoms with E-state index in [1.54, 1.807) is 22.8 Å². The van der Waals surface area contributed by atoms with Gasteiger partial charge in [-0.05, 0) is 24.7 Å². The molecule has 1 heterocycles. The summed E-state index contributed by atoms with van der Waals surface area (Å²) in [4.78, 5) is 16.4. The molecular formula is C17H24ClN5O. The second kappa shape index (κ2) is 8.80. The molecule has 0 aliphatic carbocycles. The van der Waals surface area contributed by atoms with E-state index >= 15 is 0 Å².